The summed E-state index contributed by atoms with van der Waals surface area (Å²) < 4.78 is 4.70. The SMILES string of the molecule is CCC1CCCCN1c1ccc(C(=O)Nc2cccc(C(=O)OC)c2)cn1. The summed E-state index contributed by atoms with van der Waals surface area (Å²) in [4.78, 5) is 31.0. The molecule has 1 aromatic heterocycles. The summed E-state index contributed by atoms with van der Waals surface area (Å²) in [5, 5.41) is 2.80. The smallest absolute Gasteiger partial charge is 0.337 e. The van der Waals surface area contributed by atoms with Gasteiger partial charge in [0.25, 0.3) is 5.91 Å². The maximum Gasteiger partial charge on any atom is 0.337 e. The predicted octanol–water partition coefficient (Wildman–Crippen LogP) is 3.89. The van der Waals surface area contributed by atoms with Crippen LogP contribution in [0.1, 0.15) is 53.3 Å². The lowest BCUT2D eigenvalue weighted by molar-refractivity contribution is 0.0600. The van der Waals surface area contributed by atoms with E-state index in [1.165, 1.54) is 26.4 Å². The second-order valence-corrected chi connectivity index (χ2v) is 6.68. The fourth-order valence-electron chi connectivity index (χ4n) is 3.46. The molecule has 27 heavy (non-hydrogen) atoms. The molecule has 0 bridgehead atoms. The summed E-state index contributed by atoms with van der Waals surface area (Å²) in [6.45, 7) is 3.21. The molecule has 6 heteroatoms. The molecule has 0 saturated carbocycles. The van der Waals surface area contributed by atoms with E-state index in [4.69, 9.17) is 4.74 Å². The fraction of sp³-hybridized carbons (Fsp3) is 0.381. The Morgan fingerprint density at radius 2 is 2.07 bits per heavy atom. The minimum Gasteiger partial charge on any atom is -0.465 e. The molecule has 1 aromatic carbocycles. The van der Waals surface area contributed by atoms with Gasteiger partial charge in [0.05, 0.1) is 18.2 Å². The van der Waals surface area contributed by atoms with Crippen LogP contribution in [0.5, 0.6) is 0 Å². The average molecular weight is 367 g/mol. The van der Waals surface area contributed by atoms with Gasteiger partial charge >= 0.3 is 5.97 Å². The quantitative estimate of drug-likeness (QED) is 0.812. The van der Waals surface area contributed by atoms with Crippen molar-refractivity contribution in [3.8, 4) is 0 Å². The molecule has 1 saturated heterocycles. The lowest BCUT2D eigenvalue weighted by atomic mass is 10.00. The summed E-state index contributed by atoms with van der Waals surface area (Å²) in [7, 11) is 1.33. The summed E-state index contributed by atoms with van der Waals surface area (Å²) >= 11 is 0. The van der Waals surface area contributed by atoms with Gasteiger partial charge in [-0.1, -0.05) is 13.0 Å². The third-order valence-electron chi connectivity index (χ3n) is 4.94. The maximum atomic E-state index is 12.5. The number of ether oxygens (including phenoxy) is 1. The third kappa shape index (κ3) is 4.45. The predicted molar refractivity (Wildman–Crippen MR) is 105 cm³/mol. The number of anilines is 2. The highest BCUT2D eigenvalue weighted by atomic mass is 16.5. The van der Waals surface area contributed by atoms with Crippen LogP contribution in [0.15, 0.2) is 42.6 Å². The Labute approximate surface area is 159 Å². The van der Waals surface area contributed by atoms with E-state index in [0.29, 0.717) is 22.9 Å². The Morgan fingerprint density at radius 3 is 2.78 bits per heavy atom. The van der Waals surface area contributed by atoms with Crippen molar-refractivity contribution in [2.75, 3.05) is 23.9 Å². The molecule has 1 aliphatic heterocycles. The number of hydrogen-bond donors (Lipinski definition) is 1. The van der Waals surface area contributed by atoms with E-state index in [9.17, 15) is 9.59 Å². The number of methoxy groups -OCH3 is 1. The van der Waals surface area contributed by atoms with Gasteiger partial charge in [0.2, 0.25) is 0 Å². The number of rotatable bonds is 5. The van der Waals surface area contributed by atoms with Crippen molar-refractivity contribution in [3.05, 3.63) is 53.7 Å². The number of esters is 1. The highest BCUT2D eigenvalue weighted by molar-refractivity contribution is 6.04. The van der Waals surface area contributed by atoms with Gasteiger partial charge in [-0.05, 0) is 56.0 Å². The van der Waals surface area contributed by atoms with E-state index in [1.807, 2.05) is 6.07 Å². The van der Waals surface area contributed by atoms with Crippen LogP contribution in [0, 0.1) is 0 Å². The van der Waals surface area contributed by atoms with Crippen molar-refractivity contribution in [2.45, 2.75) is 38.6 Å². The Hall–Kier alpha value is -2.89. The minimum absolute atomic E-state index is 0.262. The summed E-state index contributed by atoms with van der Waals surface area (Å²) in [6, 6.07) is 10.9. The standard InChI is InChI=1S/C21H25N3O3/c1-3-18-9-4-5-12-24(18)19-11-10-16(14-22-19)20(25)23-17-8-6-7-15(13-17)21(26)27-2/h6-8,10-11,13-14,18H,3-5,9,12H2,1-2H3,(H,23,25). The van der Waals surface area contributed by atoms with Crippen LogP contribution in [0.2, 0.25) is 0 Å². The van der Waals surface area contributed by atoms with Crippen LogP contribution in [0.25, 0.3) is 0 Å². The number of piperidine rings is 1. The molecule has 0 spiro atoms. The number of hydrogen-bond acceptors (Lipinski definition) is 5. The zero-order valence-corrected chi connectivity index (χ0v) is 15.8. The van der Waals surface area contributed by atoms with Crippen molar-refractivity contribution in [1.29, 1.82) is 0 Å². The first-order valence-corrected chi connectivity index (χ1v) is 9.34. The molecule has 2 heterocycles. The first-order valence-electron chi connectivity index (χ1n) is 9.34. The second-order valence-electron chi connectivity index (χ2n) is 6.68. The van der Waals surface area contributed by atoms with Crippen LogP contribution < -0.4 is 10.2 Å². The number of pyridine rings is 1. The first-order chi connectivity index (χ1) is 13.1. The molecule has 142 valence electrons. The van der Waals surface area contributed by atoms with Crippen LogP contribution >= 0.6 is 0 Å². The zero-order valence-electron chi connectivity index (χ0n) is 15.8. The Kier molecular flexibility index (Phi) is 6.06. The number of carbonyl (C=O) groups is 2. The van der Waals surface area contributed by atoms with Gasteiger partial charge in [-0.25, -0.2) is 9.78 Å². The molecular weight excluding hydrogens is 342 g/mol. The maximum absolute atomic E-state index is 12.5. The Morgan fingerprint density at radius 1 is 1.22 bits per heavy atom. The highest BCUT2D eigenvalue weighted by Gasteiger charge is 2.22. The zero-order chi connectivity index (χ0) is 19.2. The Bertz CT molecular complexity index is 805. The van der Waals surface area contributed by atoms with Crippen LogP contribution in [0.4, 0.5) is 11.5 Å². The van der Waals surface area contributed by atoms with Crippen molar-refractivity contribution < 1.29 is 14.3 Å². The van der Waals surface area contributed by atoms with Gasteiger partial charge < -0.3 is 15.0 Å². The molecule has 6 nitrogen and oxygen atoms in total. The number of nitrogens with one attached hydrogen (secondary N) is 1. The van der Waals surface area contributed by atoms with Crippen molar-refractivity contribution in [3.63, 3.8) is 0 Å². The largest absolute Gasteiger partial charge is 0.465 e. The number of carbonyl (C=O) groups excluding carboxylic acids is 2. The van der Waals surface area contributed by atoms with Crippen molar-refractivity contribution in [1.82, 2.24) is 4.98 Å². The van der Waals surface area contributed by atoms with E-state index < -0.39 is 5.97 Å². The van der Waals surface area contributed by atoms with Crippen LogP contribution in [-0.2, 0) is 4.74 Å². The fourth-order valence-corrected chi connectivity index (χ4v) is 3.46. The molecule has 3 rings (SSSR count). The van der Waals surface area contributed by atoms with Gasteiger partial charge in [0.1, 0.15) is 5.82 Å². The molecule has 1 amide bonds. The third-order valence-corrected chi connectivity index (χ3v) is 4.94. The Balaban J connectivity index is 1.70. The summed E-state index contributed by atoms with van der Waals surface area (Å²) in [6.07, 6.45) is 6.34. The van der Waals surface area contributed by atoms with E-state index in [2.05, 4.69) is 22.1 Å². The average Bonchev–Trinajstić information content (AvgIpc) is 2.73. The van der Waals surface area contributed by atoms with Crippen molar-refractivity contribution in [2.24, 2.45) is 0 Å². The number of aromatic nitrogens is 1. The molecule has 1 atom stereocenters. The van der Waals surface area contributed by atoms with E-state index in [-0.39, 0.29) is 5.91 Å². The molecule has 0 aliphatic carbocycles. The van der Waals surface area contributed by atoms with Crippen LogP contribution in [0.3, 0.4) is 0 Å². The summed E-state index contributed by atoms with van der Waals surface area (Å²) in [5.74, 6) is 0.219. The number of benzene rings is 1. The number of amides is 1. The monoisotopic (exact) mass is 367 g/mol. The molecule has 1 N–H and O–H groups in total. The van der Waals surface area contributed by atoms with E-state index in [0.717, 1.165) is 18.8 Å². The minimum atomic E-state index is -0.441. The van der Waals surface area contributed by atoms with Gasteiger partial charge in [-0.3, -0.25) is 4.79 Å². The first kappa shape index (κ1) is 18.9. The molecule has 1 fully saturated rings. The number of nitrogens with zero attached hydrogens (tertiary/aromatic N) is 2. The molecule has 2 aromatic rings. The molecule has 0 radical (unpaired) electrons. The van der Waals surface area contributed by atoms with E-state index >= 15 is 0 Å². The summed E-state index contributed by atoms with van der Waals surface area (Å²) in [5.41, 5.74) is 1.40. The molecule has 1 unspecified atom stereocenters. The van der Waals surface area contributed by atoms with Gasteiger partial charge in [-0.2, -0.15) is 0 Å². The van der Waals surface area contributed by atoms with E-state index in [1.54, 1.807) is 36.5 Å². The molecule has 1 aliphatic rings. The van der Waals surface area contributed by atoms with Gasteiger partial charge in [0.15, 0.2) is 0 Å². The topological polar surface area (TPSA) is 71.5 Å². The van der Waals surface area contributed by atoms with Gasteiger partial charge in [0, 0.05) is 24.5 Å². The lowest BCUT2D eigenvalue weighted by Gasteiger charge is -2.36. The lowest BCUT2D eigenvalue weighted by Crippen LogP contribution is -2.39. The van der Waals surface area contributed by atoms with Gasteiger partial charge in [-0.15, -0.1) is 0 Å². The highest BCUT2D eigenvalue weighted by Crippen LogP contribution is 2.25. The second kappa shape index (κ2) is 8.66. The molecular formula is C21H25N3O3. The van der Waals surface area contributed by atoms with Crippen LogP contribution in [-0.4, -0.2) is 36.6 Å². The van der Waals surface area contributed by atoms with Crippen molar-refractivity contribution >= 4 is 23.4 Å². The normalized spacial score (nSPS) is 16.7.